The van der Waals surface area contributed by atoms with Crippen LogP contribution in [0.25, 0.3) is 22.3 Å². The Morgan fingerprint density at radius 1 is 1.00 bits per heavy atom. The molecule has 10 N–H and O–H groups in total. The van der Waals surface area contributed by atoms with Crippen LogP contribution in [0.5, 0.6) is 0 Å². The van der Waals surface area contributed by atoms with Gasteiger partial charge in [0.1, 0.15) is 48.5 Å². The molecule has 2 aliphatic heterocycles. The molecular weight excluding hydrogens is 662 g/mol. The van der Waals surface area contributed by atoms with Crippen LogP contribution in [-0.2, 0) is 32.4 Å². The summed E-state index contributed by atoms with van der Waals surface area (Å²) < 4.78 is 54.3. The second-order valence-corrected chi connectivity index (χ2v) is 12.5. The lowest BCUT2D eigenvalue weighted by atomic mass is 10.1. The summed E-state index contributed by atoms with van der Waals surface area (Å²) in [5, 5.41) is 31.5. The normalized spacial score (nSPS) is 29.9. The summed E-state index contributed by atoms with van der Waals surface area (Å²) in [6, 6.07) is 0. The second-order valence-electron chi connectivity index (χ2n) is 10.1. The van der Waals surface area contributed by atoms with Gasteiger partial charge in [-0.25, -0.2) is 24.5 Å². The largest absolute Gasteiger partial charge is 0.534 e. The van der Waals surface area contributed by atoms with Crippen molar-refractivity contribution < 1.29 is 57.5 Å². The van der Waals surface area contributed by atoms with Crippen LogP contribution in [0.4, 0.5) is 11.8 Å². The van der Waals surface area contributed by atoms with Crippen LogP contribution in [0.15, 0.2) is 23.8 Å². The fraction of sp³-hybridized carbons (Fsp3) is 0.524. The van der Waals surface area contributed by atoms with Gasteiger partial charge < -0.3 is 45.9 Å². The Labute approximate surface area is 256 Å². The van der Waals surface area contributed by atoms with Crippen molar-refractivity contribution in [2.75, 3.05) is 31.0 Å². The monoisotopic (exact) mass is 689 g/mol. The van der Waals surface area contributed by atoms with Crippen molar-refractivity contribution in [2.45, 2.75) is 49.1 Å². The molecule has 0 aliphatic carbocycles. The van der Waals surface area contributed by atoms with Crippen molar-refractivity contribution in [3.8, 4) is 0 Å². The van der Waals surface area contributed by atoms with E-state index in [-0.39, 0.29) is 34.1 Å². The summed E-state index contributed by atoms with van der Waals surface area (Å²) in [5.74, 6) is -0.225. The number of nitrogen functional groups attached to an aromatic ring is 2. The van der Waals surface area contributed by atoms with Gasteiger partial charge in [0.15, 0.2) is 35.1 Å². The number of nitrogens with zero attached hydrogens (tertiary/aromatic N) is 7. The highest BCUT2D eigenvalue weighted by Gasteiger charge is 2.51. The van der Waals surface area contributed by atoms with E-state index >= 15 is 0 Å². The summed E-state index contributed by atoms with van der Waals surface area (Å²) in [5.41, 5.74) is 10.9. The van der Waals surface area contributed by atoms with Crippen molar-refractivity contribution in [3.05, 3.63) is 29.3 Å². The fourth-order valence-electron chi connectivity index (χ4n) is 5.15. The molecule has 0 bridgehead atoms. The van der Waals surface area contributed by atoms with Gasteiger partial charge >= 0.3 is 15.9 Å². The van der Waals surface area contributed by atoms with Crippen LogP contribution in [0.3, 0.4) is 0 Å². The highest BCUT2D eigenvalue weighted by Crippen LogP contribution is 2.50. The predicted molar refractivity (Wildman–Crippen MR) is 149 cm³/mol. The molecule has 2 fully saturated rings. The molecular formula is C21H27N10O13P2+. The van der Waals surface area contributed by atoms with Crippen LogP contribution in [0.2, 0.25) is 0 Å². The Bertz CT molecular complexity index is 1870. The topological polar surface area (TPSA) is 341 Å². The first kappa shape index (κ1) is 32.4. The minimum absolute atomic E-state index is 0.0472. The number of phosphoric acid groups is 1. The Morgan fingerprint density at radius 2 is 1.65 bits per heavy atom. The van der Waals surface area contributed by atoms with Crippen LogP contribution in [0.1, 0.15) is 12.5 Å². The molecule has 46 heavy (non-hydrogen) atoms. The van der Waals surface area contributed by atoms with E-state index in [2.05, 4.69) is 29.9 Å². The van der Waals surface area contributed by atoms with Gasteiger partial charge in [-0.2, -0.15) is 9.88 Å². The highest BCUT2D eigenvalue weighted by atomic mass is 31.2. The average molecular weight is 689 g/mol. The highest BCUT2D eigenvalue weighted by molar-refractivity contribution is 7.47. The zero-order valence-corrected chi connectivity index (χ0v) is 24.9. The number of phosphoric ester groups is 1. The summed E-state index contributed by atoms with van der Waals surface area (Å²) in [4.78, 5) is 54.5. The number of aromatic amines is 1. The maximum Gasteiger partial charge on any atom is 0.534 e. The third-order valence-electron chi connectivity index (χ3n) is 7.23. The van der Waals surface area contributed by atoms with Crippen molar-refractivity contribution >= 4 is 49.9 Å². The Balaban J connectivity index is 1.21. The van der Waals surface area contributed by atoms with Gasteiger partial charge in [-0.05, 0) is 4.57 Å². The Hall–Kier alpha value is -3.57. The first-order valence-electron chi connectivity index (χ1n) is 13.2. The number of imidazole rings is 2. The number of nitrogens with two attached hydrogens (primary N) is 2. The maximum atomic E-state index is 13.2. The van der Waals surface area contributed by atoms with Gasteiger partial charge in [0.2, 0.25) is 5.95 Å². The second kappa shape index (κ2) is 12.6. The fourth-order valence-corrected chi connectivity index (χ4v) is 6.39. The SMILES string of the molecule is Nc1nc2c(ncn2[C@@H]2O[C@H](CO)C(O)C2OP(=O)(O)OC[C@H]2O[C@@H](n3cnc4c(N)ncnc43)C(OC[P+](=O)O)C2O)c(=O)[nH]1. The number of ether oxygens (including phenoxy) is 3. The van der Waals surface area contributed by atoms with E-state index in [9.17, 15) is 39.0 Å². The number of hydrogen-bond acceptors (Lipinski definition) is 18. The molecule has 10 atom stereocenters. The lowest BCUT2D eigenvalue weighted by molar-refractivity contribution is -0.0664. The molecule has 23 nitrogen and oxygen atoms in total. The van der Waals surface area contributed by atoms with E-state index in [0.29, 0.717) is 0 Å². The number of hydrogen-bond donors (Lipinski definition) is 8. The van der Waals surface area contributed by atoms with Gasteiger partial charge in [-0.1, -0.05) is 0 Å². The minimum Gasteiger partial charge on any atom is -0.394 e. The third-order valence-corrected chi connectivity index (χ3v) is 8.58. The van der Waals surface area contributed by atoms with Crippen molar-refractivity contribution in [1.29, 1.82) is 0 Å². The van der Waals surface area contributed by atoms with Gasteiger partial charge in [0, 0.05) is 0 Å². The first-order chi connectivity index (χ1) is 21.9. The number of aliphatic hydroxyl groups excluding tert-OH is 3. The van der Waals surface area contributed by atoms with Crippen LogP contribution in [-0.4, -0.2) is 120 Å². The Kier molecular flexibility index (Phi) is 8.84. The number of aliphatic hydroxyl groups is 3. The summed E-state index contributed by atoms with van der Waals surface area (Å²) in [7, 11) is -7.91. The zero-order chi connectivity index (χ0) is 32.9. The number of anilines is 2. The molecule has 2 aliphatic rings. The molecule has 0 amide bonds. The molecule has 6 rings (SSSR count). The molecule has 6 unspecified atom stereocenters. The van der Waals surface area contributed by atoms with Crippen molar-refractivity contribution in [3.63, 3.8) is 0 Å². The number of aromatic nitrogens is 8. The van der Waals surface area contributed by atoms with Crippen LogP contribution in [0, 0.1) is 0 Å². The van der Waals surface area contributed by atoms with E-state index in [0.717, 1.165) is 17.2 Å². The molecule has 0 aromatic carbocycles. The van der Waals surface area contributed by atoms with E-state index in [1.165, 1.54) is 10.9 Å². The van der Waals surface area contributed by atoms with Gasteiger partial charge in [-0.3, -0.25) is 28.0 Å². The van der Waals surface area contributed by atoms with Gasteiger partial charge in [0.25, 0.3) is 11.9 Å². The molecule has 6 heterocycles. The van der Waals surface area contributed by atoms with E-state index in [1.807, 2.05) is 0 Å². The van der Waals surface area contributed by atoms with E-state index in [1.54, 1.807) is 0 Å². The van der Waals surface area contributed by atoms with Crippen molar-refractivity contribution in [1.82, 2.24) is 39.0 Å². The Morgan fingerprint density at radius 3 is 2.37 bits per heavy atom. The quantitative estimate of drug-likeness (QED) is 0.0738. The molecule has 0 spiro atoms. The molecule has 2 saturated heterocycles. The van der Waals surface area contributed by atoms with Crippen molar-refractivity contribution in [2.24, 2.45) is 0 Å². The van der Waals surface area contributed by atoms with Crippen LogP contribution >= 0.6 is 15.9 Å². The average Bonchev–Trinajstić information content (AvgIpc) is 3.76. The molecule has 4 aromatic heterocycles. The number of rotatable bonds is 11. The van der Waals surface area contributed by atoms with E-state index < -0.39 is 90.1 Å². The molecule has 248 valence electrons. The summed E-state index contributed by atoms with van der Waals surface area (Å²) >= 11 is 0. The maximum absolute atomic E-state index is 13.2. The number of fused-ring (bicyclic) bond motifs is 2. The lowest BCUT2D eigenvalue weighted by Gasteiger charge is -2.25. The summed E-state index contributed by atoms with van der Waals surface area (Å²) in [6.07, 6.45) is -8.79. The van der Waals surface area contributed by atoms with Gasteiger partial charge in [0.05, 0.1) is 25.9 Å². The standard InChI is InChI=1S/C21H26N10O13P2/c22-15-9-16(25-3-24-15)30(4-26-9)19-13(40-6-45(36)37)12(34)8(43-19)2-41-46(38,39)44-14-11(33)7(1-32)42-20(14)31-5-27-10-17(31)28-21(23)29-18(10)35/h3-5,7-8,11-14,19-20,32-34H,1-2,6H2,(H6-,22,23,24,25,28,29,35,36,37,38,39)/p+1/t7-,8-,11?,12?,13?,14?,19-,20-/m1/s1. The number of nitrogens with one attached hydrogen (secondary N) is 1. The smallest absolute Gasteiger partial charge is 0.394 e. The molecule has 0 saturated carbocycles. The van der Waals surface area contributed by atoms with Gasteiger partial charge in [-0.15, -0.1) is 0 Å². The number of H-pyrrole nitrogens is 1. The predicted octanol–water partition coefficient (Wildman–Crippen LogP) is -2.79. The molecule has 0 radical (unpaired) electrons. The zero-order valence-electron chi connectivity index (χ0n) is 23.2. The molecule has 25 heteroatoms. The third kappa shape index (κ3) is 5.99. The lowest BCUT2D eigenvalue weighted by Crippen LogP contribution is -2.36. The molecule has 4 aromatic rings. The van der Waals surface area contributed by atoms with E-state index in [4.69, 9.17) is 34.7 Å². The summed E-state index contributed by atoms with van der Waals surface area (Å²) in [6.45, 7) is -1.51. The first-order valence-corrected chi connectivity index (χ1v) is 16.1. The van der Waals surface area contributed by atoms with Crippen LogP contribution < -0.4 is 17.0 Å². The minimum atomic E-state index is -5.13.